The minimum atomic E-state index is -4.59. The molecule has 0 bridgehead atoms. The van der Waals surface area contributed by atoms with Gasteiger partial charge in [-0.3, -0.25) is 14.6 Å². The van der Waals surface area contributed by atoms with Crippen LogP contribution < -0.4 is 10.6 Å². The van der Waals surface area contributed by atoms with E-state index >= 15 is 0 Å². The van der Waals surface area contributed by atoms with Crippen molar-refractivity contribution in [2.24, 2.45) is 0 Å². The first-order valence-electron chi connectivity index (χ1n) is 9.56. The van der Waals surface area contributed by atoms with Crippen molar-refractivity contribution in [3.63, 3.8) is 0 Å². The molecule has 1 aromatic carbocycles. The van der Waals surface area contributed by atoms with Gasteiger partial charge < -0.3 is 10.6 Å². The number of carbonyl (C=O) groups is 2. The number of nitriles is 1. The monoisotopic (exact) mass is 454 g/mol. The maximum absolute atomic E-state index is 13.1. The molecule has 0 aliphatic carbocycles. The first-order valence-corrected chi connectivity index (χ1v) is 9.56. The van der Waals surface area contributed by atoms with Gasteiger partial charge in [-0.15, -0.1) is 0 Å². The van der Waals surface area contributed by atoms with Gasteiger partial charge in [0.15, 0.2) is 5.69 Å². The fourth-order valence-corrected chi connectivity index (χ4v) is 2.98. The molecule has 0 aliphatic rings. The summed E-state index contributed by atoms with van der Waals surface area (Å²) in [5.74, 6) is -1.25. The van der Waals surface area contributed by atoms with Crippen molar-refractivity contribution in [1.29, 1.82) is 5.26 Å². The van der Waals surface area contributed by atoms with Gasteiger partial charge in [-0.2, -0.15) is 18.4 Å². The summed E-state index contributed by atoms with van der Waals surface area (Å²) < 4.78 is 39.3. The van der Waals surface area contributed by atoms with Crippen molar-refractivity contribution < 1.29 is 22.8 Å². The second-order valence-electron chi connectivity index (χ2n) is 7.07. The number of carbonyl (C=O) groups excluding carboxylic acids is 2. The Labute approximate surface area is 186 Å². The van der Waals surface area contributed by atoms with Crippen LogP contribution in [-0.4, -0.2) is 26.8 Å². The Morgan fingerprint density at radius 1 is 1.06 bits per heavy atom. The molecule has 8 nitrogen and oxygen atoms in total. The van der Waals surface area contributed by atoms with E-state index in [1.54, 1.807) is 0 Å². The average molecular weight is 454 g/mol. The molecule has 0 fully saturated rings. The van der Waals surface area contributed by atoms with Crippen LogP contribution in [0.4, 0.5) is 19.0 Å². The van der Waals surface area contributed by atoms with E-state index in [1.807, 2.05) is 6.07 Å². The summed E-state index contributed by atoms with van der Waals surface area (Å²) in [4.78, 5) is 37.4. The minimum absolute atomic E-state index is 0.100. The molecule has 0 radical (unpaired) electrons. The molecule has 33 heavy (non-hydrogen) atoms. The number of aromatic nitrogens is 3. The molecule has 0 saturated heterocycles. The molecule has 168 valence electrons. The van der Waals surface area contributed by atoms with Gasteiger partial charge in [0.05, 0.1) is 22.9 Å². The van der Waals surface area contributed by atoms with E-state index in [1.165, 1.54) is 50.6 Å². The second kappa shape index (κ2) is 9.44. The predicted molar refractivity (Wildman–Crippen MR) is 111 cm³/mol. The van der Waals surface area contributed by atoms with Crippen LogP contribution in [0, 0.1) is 18.3 Å². The highest BCUT2D eigenvalue weighted by Gasteiger charge is 2.31. The Balaban J connectivity index is 1.80. The number of halogens is 3. The fraction of sp³-hybridized carbons (Fsp3) is 0.182. The second-order valence-corrected chi connectivity index (χ2v) is 7.07. The summed E-state index contributed by atoms with van der Waals surface area (Å²) in [5.41, 5.74) is -0.510. The largest absolute Gasteiger partial charge is 0.416 e. The molecule has 11 heteroatoms. The third-order valence-corrected chi connectivity index (χ3v) is 4.50. The third kappa shape index (κ3) is 5.68. The first-order chi connectivity index (χ1) is 15.6. The molecule has 1 atom stereocenters. The number of nitrogens with zero attached hydrogens (tertiary/aromatic N) is 4. The van der Waals surface area contributed by atoms with Gasteiger partial charge >= 0.3 is 6.18 Å². The van der Waals surface area contributed by atoms with Crippen LogP contribution in [0.3, 0.4) is 0 Å². The first kappa shape index (κ1) is 23.3. The summed E-state index contributed by atoms with van der Waals surface area (Å²) in [5, 5.41) is 13.9. The van der Waals surface area contributed by atoms with Gasteiger partial charge in [-0.25, -0.2) is 9.97 Å². The molecule has 2 heterocycles. The van der Waals surface area contributed by atoms with E-state index in [-0.39, 0.29) is 28.3 Å². The Hall–Kier alpha value is -4.33. The fourth-order valence-electron chi connectivity index (χ4n) is 2.98. The summed E-state index contributed by atoms with van der Waals surface area (Å²) in [6.45, 7) is 2.98. The molecule has 0 spiro atoms. The van der Waals surface area contributed by atoms with Crippen LogP contribution in [0.25, 0.3) is 0 Å². The van der Waals surface area contributed by atoms with Crippen LogP contribution >= 0.6 is 0 Å². The minimum Gasteiger partial charge on any atom is -0.344 e. The molecule has 3 aromatic rings. The quantitative estimate of drug-likeness (QED) is 0.605. The van der Waals surface area contributed by atoms with Crippen LogP contribution in [0.5, 0.6) is 0 Å². The smallest absolute Gasteiger partial charge is 0.344 e. The van der Waals surface area contributed by atoms with Gasteiger partial charge in [0.25, 0.3) is 11.8 Å². The molecule has 0 saturated carbocycles. The van der Waals surface area contributed by atoms with Crippen molar-refractivity contribution in [3.05, 3.63) is 82.6 Å². The number of nitrogens with one attached hydrogen (secondary N) is 2. The Morgan fingerprint density at radius 2 is 1.79 bits per heavy atom. The van der Waals surface area contributed by atoms with Crippen LogP contribution in [0.2, 0.25) is 0 Å². The van der Waals surface area contributed by atoms with E-state index in [4.69, 9.17) is 5.26 Å². The normalized spacial score (nSPS) is 11.9. The summed E-state index contributed by atoms with van der Waals surface area (Å²) in [6, 6.07) is 7.01. The molecular weight excluding hydrogens is 437 g/mol. The number of amides is 2. The molecule has 2 N–H and O–H groups in total. The molecule has 2 aromatic heterocycles. The molecule has 2 amide bonds. The number of alkyl halides is 3. The van der Waals surface area contributed by atoms with Gasteiger partial charge in [0.2, 0.25) is 0 Å². The summed E-state index contributed by atoms with van der Waals surface area (Å²) in [6.07, 6.45) is -0.701. The maximum atomic E-state index is 13.1. The highest BCUT2D eigenvalue weighted by Crippen LogP contribution is 2.30. The lowest BCUT2D eigenvalue weighted by Gasteiger charge is -2.17. The lowest BCUT2D eigenvalue weighted by Crippen LogP contribution is -2.30. The topological polar surface area (TPSA) is 121 Å². The molecular formula is C22H17F3N6O2. The Morgan fingerprint density at radius 3 is 2.42 bits per heavy atom. The van der Waals surface area contributed by atoms with E-state index in [9.17, 15) is 22.8 Å². The van der Waals surface area contributed by atoms with Crippen LogP contribution in [0.15, 0.2) is 48.9 Å². The van der Waals surface area contributed by atoms with Gasteiger partial charge in [-0.05, 0) is 49.7 Å². The molecule has 3 rings (SSSR count). The van der Waals surface area contributed by atoms with E-state index in [2.05, 4.69) is 25.6 Å². The Kier molecular flexibility index (Phi) is 6.67. The number of anilines is 1. The molecule has 0 aliphatic heterocycles. The lowest BCUT2D eigenvalue weighted by atomic mass is 10.0. The number of pyridine rings is 1. The summed E-state index contributed by atoms with van der Waals surface area (Å²) >= 11 is 0. The van der Waals surface area contributed by atoms with Crippen molar-refractivity contribution >= 4 is 17.6 Å². The van der Waals surface area contributed by atoms with Crippen molar-refractivity contribution in [2.45, 2.75) is 26.1 Å². The zero-order chi connectivity index (χ0) is 24.2. The highest BCUT2D eigenvalue weighted by atomic mass is 19.4. The van der Waals surface area contributed by atoms with Crippen molar-refractivity contribution in [2.75, 3.05) is 5.32 Å². The number of hydrogen-bond acceptors (Lipinski definition) is 6. The average Bonchev–Trinajstić information content (AvgIpc) is 2.78. The van der Waals surface area contributed by atoms with E-state index < -0.39 is 29.6 Å². The SMILES string of the molecule is Cc1cc(C(=O)NC(C)c2nccnc2C(=O)Nc2ccc(C#N)cn2)cc(C(F)(F)F)c1. The number of benzene rings is 1. The standard InChI is InChI=1S/C22H17F3N6O2/c1-12-7-15(9-16(8-12)22(23,24)25)20(32)30-13(2)18-19(28-6-5-27-18)21(33)31-17-4-3-14(10-26)11-29-17/h3-9,11,13H,1-2H3,(H,30,32)(H,29,31,33). The van der Waals surface area contributed by atoms with Crippen molar-refractivity contribution in [3.8, 4) is 6.07 Å². The van der Waals surface area contributed by atoms with Gasteiger partial charge in [-0.1, -0.05) is 0 Å². The number of rotatable bonds is 5. The van der Waals surface area contributed by atoms with Gasteiger partial charge in [0.1, 0.15) is 11.9 Å². The van der Waals surface area contributed by atoms with Gasteiger partial charge in [0, 0.05) is 24.2 Å². The third-order valence-electron chi connectivity index (χ3n) is 4.50. The zero-order valence-corrected chi connectivity index (χ0v) is 17.4. The van der Waals surface area contributed by atoms with E-state index in [0.717, 1.165) is 12.1 Å². The van der Waals surface area contributed by atoms with Crippen LogP contribution in [0.1, 0.15) is 56.2 Å². The zero-order valence-electron chi connectivity index (χ0n) is 17.4. The number of aryl methyl sites for hydroxylation is 1. The number of hydrogen-bond donors (Lipinski definition) is 2. The predicted octanol–water partition coefficient (Wildman–Crippen LogP) is 3.81. The lowest BCUT2D eigenvalue weighted by molar-refractivity contribution is -0.137. The van der Waals surface area contributed by atoms with Crippen LogP contribution in [-0.2, 0) is 6.18 Å². The van der Waals surface area contributed by atoms with E-state index in [0.29, 0.717) is 5.56 Å². The maximum Gasteiger partial charge on any atom is 0.416 e. The summed E-state index contributed by atoms with van der Waals surface area (Å²) in [7, 11) is 0. The Bertz CT molecular complexity index is 1240. The van der Waals surface area contributed by atoms with Crippen molar-refractivity contribution in [1.82, 2.24) is 20.3 Å². The molecule has 1 unspecified atom stereocenters. The highest BCUT2D eigenvalue weighted by molar-refractivity contribution is 6.03.